The second-order valence-corrected chi connectivity index (χ2v) is 7.00. The molecule has 3 heterocycles. The number of nitrogens with one attached hydrogen (secondary N) is 1. The monoisotopic (exact) mass is 336 g/mol. The lowest BCUT2D eigenvalue weighted by Crippen LogP contribution is -2.25. The van der Waals surface area contributed by atoms with Gasteiger partial charge in [0.25, 0.3) is 5.91 Å². The molecule has 3 rings (SSSR count). The molecule has 2 aromatic heterocycles. The Bertz CT molecular complexity index is 682. The number of hydrogen-bond donors (Lipinski definition) is 1. The van der Waals surface area contributed by atoms with Crippen molar-refractivity contribution in [3.63, 3.8) is 0 Å². The molecule has 7 heteroatoms. The first-order chi connectivity index (χ1) is 10.6. The third kappa shape index (κ3) is 3.56. The normalized spacial score (nSPS) is 14.4. The number of thiophene rings is 1. The van der Waals surface area contributed by atoms with Crippen LogP contribution in [0.1, 0.15) is 33.9 Å². The highest BCUT2D eigenvalue weighted by atomic mass is 35.5. The fraction of sp³-hybridized carbons (Fsp3) is 0.400. The molecule has 1 fully saturated rings. The molecule has 5 nitrogen and oxygen atoms in total. The smallest absolute Gasteiger partial charge is 0.261 e. The number of carbonyl (C=O) groups excluding carboxylic acids is 1. The van der Waals surface area contributed by atoms with Gasteiger partial charge < -0.3 is 10.2 Å². The minimum Gasteiger partial charge on any atom is -0.346 e. The van der Waals surface area contributed by atoms with Crippen LogP contribution in [-0.4, -0.2) is 29.0 Å². The van der Waals surface area contributed by atoms with Crippen molar-refractivity contribution in [1.29, 1.82) is 0 Å². The summed E-state index contributed by atoms with van der Waals surface area (Å²) in [5.74, 6) is 0.636. The lowest BCUT2D eigenvalue weighted by atomic mass is 10.3. The number of carbonyl (C=O) groups is 1. The average molecular weight is 337 g/mol. The molecule has 1 aliphatic rings. The van der Waals surface area contributed by atoms with E-state index in [-0.39, 0.29) is 5.91 Å². The fourth-order valence-electron chi connectivity index (χ4n) is 2.46. The van der Waals surface area contributed by atoms with Crippen LogP contribution in [0, 0.1) is 6.92 Å². The van der Waals surface area contributed by atoms with Crippen molar-refractivity contribution in [3.8, 4) is 0 Å². The summed E-state index contributed by atoms with van der Waals surface area (Å²) in [5.41, 5.74) is 1.74. The molecule has 1 saturated heterocycles. The quantitative estimate of drug-likeness (QED) is 0.932. The summed E-state index contributed by atoms with van der Waals surface area (Å²) in [6, 6.07) is 5.35. The first kappa shape index (κ1) is 15.2. The van der Waals surface area contributed by atoms with Crippen LogP contribution in [0.3, 0.4) is 0 Å². The minimum absolute atomic E-state index is 0.129. The van der Waals surface area contributed by atoms with E-state index < -0.39 is 0 Å². The summed E-state index contributed by atoms with van der Waals surface area (Å²) in [4.78, 5) is 23.9. The average Bonchev–Trinajstić information content (AvgIpc) is 3.15. The maximum atomic E-state index is 12.0. The number of aryl methyl sites for hydroxylation is 1. The van der Waals surface area contributed by atoms with Gasteiger partial charge in [0, 0.05) is 18.8 Å². The third-order valence-corrected chi connectivity index (χ3v) is 4.74. The standard InChI is InChI=1S/C15H17ClN4OS/c1-10-8-11(19-15(18-10)20-6-2-3-7-20)9-17-14(21)12-4-5-13(16)22-12/h4-5,8H,2-3,6-7,9H2,1H3,(H,17,21). The van der Waals surface area contributed by atoms with Crippen molar-refractivity contribution < 1.29 is 4.79 Å². The number of halogens is 1. The number of rotatable bonds is 4. The molecule has 0 radical (unpaired) electrons. The van der Waals surface area contributed by atoms with Crippen LogP contribution < -0.4 is 10.2 Å². The molecule has 1 aliphatic heterocycles. The summed E-state index contributed by atoms with van der Waals surface area (Å²) in [6.07, 6.45) is 2.37. The zero-order chi connectivity index (χ0) is 15.5. The van der Waals surface area contributed by atoms with Crippen LogP contribution in [0.25, 0.3) is 0 Å². The molecule has 0 spiro atoms. The highest BCUT2D eigenvalue weighted by Gasteiger charge is 2.16. The number of aromatic nitrogens is 2. The largest absolute Gasteiger partial charge is 0.346 e. The Labute approximate surface area is 138 Å². The zero-order valence-corrected chi connectivity index (χ0v) is 13.9. The molecular weight excluding hydrogens is 320 g/mol. The van der Waals surface area contributed by atoms with Gasteiger partial charge in [0.2, 0.25) is 5.95 Å². The molecule has 0 aromatic carbocycles. The van der Waals surface area contributed by atoms with Gasteiger partial charge in [-0.3, -0.25) is 4.79 Å². The van der Waals surface area contributed by atoms with E-state index in [1.54, 1.807) is 12.1 Å². The van der Waals surface area contributed by atoms with Crippen molar-refractivity contribution in [3.05, 3.63) is 38.8 Å². The van der Waals surface area contributed by atoms with E-state index in [0.29, 0.717) is 15.8 Å². The molecule has 2 aromatic rings. The maximum Gasteiger partial charge on any atom is 0.261 e. The van der Waals surface area contributed by atoms with Gasteiger partial charge in [-0.05, 0) is 38.0 Å². The first-order valence-electron chi connectivity index (χ1n) is 7.25. The Balaban J connectivity index is 1.68. The minimum atomic E-state index is -0.129. The Morgan fingerprint density at radius 3 is 2.82 bits per heavy atom. The predicted octanol–water partition coefficient (Wildman–Crippen LogP) is 3.03. The Morgan fingerprint density at radius 2 is 2.14 bits per heavy atom. The van der Waals surface area contributed by atoms with Gasteiger partial charge in [0.05, 0.1) is 21.5 Å². The summed E-state index contributed by atoms with van der Waals surface area (Å²) in [7, 11) is 0. The van der Waals surface area contributed by atoms with Crippen molar-refractivity contribution >= 4 is 34.8 Å². The molecular formula is C15H17ClN4OS. The maximum absolute atomic E-state index is 12.0. The second-order valence-electron chi connectivity index (χ2n) is 5.28. The highest BCUT2D eigenvalue weighted by molar-refractivity contribution is 7.17. The van der Waals surface area contributed by atoms with Crippen molar-refractivity contribution in [2.24, 2.45) is 0 Å². The van der Waals surface area contributed by atoms with Gasteiger partial charge in [-0.25, -0.2) is 9.97 Å². The van der Waals surface area contributed by atoms with Crippen LogP contribution in [0.5, 0.6) is 0 Å². The van der Waals surface area contributed by atoms with Crippen LogP contribution in [-0.2, 0) is 6.54 Å². The summed E-state index contributed by atoms with van der Waals surface area (Å²) in [5, 5.41) is 2.88. The van der Waals surface area contributed by atoms with Gasteiger partial charge in [0.15, 0.2) is 0 Å². The second kappa shape index (κ2) is 6.62. The Hall–Kier alpha value is -1.66. The Morgan fingerprint density at radius 1 is 1.36 bits per heavy atom. The summed E-state index contributed by atoms with van der Waals surface area (Å²) in [6.45, 7) is 4.34. The van der Waals surface area contributed by atoms with E-state index in [0.717, 1.165) is 30.4 Å². The molecule has 0 unspecified atom stereocenters. The summed E-state index contributed by atoms with van der Waals surface area (Å²) < 4.78 is 0.611. The molecule has 0 bridgehead atoms. The van der Waals surface area contributed by atoms with Crippen molar-refractivity contribution in [1.82, 2.24) is 15.3 Å². The highest BCUT2D eigenvalue weighted by Crippen LogP contribution is 2.21. The molecule has 0 saturated carbocycles. The number of hydrogen-bond acceptors (Lipinski definition) is 5. The SMILES string of the molecule is Cc1cc(CNC(=O)c2ccc(Cl)s2)nc(N2CCCC2)n1. The van der Waals surface area contributed by atoms with E-state index in [1.807, 2.05) is 13.0 Å². The number of anilines is 1. The topological polar surface area (TPSA) is 58.1 Å². The molecule has 116 valence electrons. The van der Waals surface area contributed by atoms with Gasteiger partial charge in [-0.1, -0.05) is 11.6 Å². The molecule has 1 N–H and O–H groups in total. The van der Waals surface area contributed by atoms with E-state index in [9.17, 15) is 4.79 Å². The summed E-state index contributed by atoms with van der Waals surface area (Å²) >= 11 is 7.12. The third-order valence-electron chi connectivity index (χ3n) is 3.51. The molecule has 0 aliphatic carbocycles. The predicted molar refractivity (Wildman–Crippen MR) is 88.7 cm³/mol. The fourth-order valence-corrected chi connectivity index (χ4v) is 3.42. The van der Waals surface area contributed by atoms with Gasteiger partial charge in [0.1, 0.15) is 0 Å². The van der Waals surface area contributed by atoms with Crippen molar-refractivity contribution in [2.75, 3.05) is 18.0 Å². The van der Waals surface area contributed by atoms with Crippen LogP contribution in [0.2, 0.25) is 4.34 Å². The Kier molecular flexibility index (Phi) is 4.59. The molecule has 22 heavy (non-hydrogen) atoms. The molecule has 1 amide bonds. The van der Waals surface area contributed by atoms with E-state index >= 15 is 0 Å². The van der Waals surface area contributed by atoms with E-state index in [4.69, 9.17) is 11.6 Å². The van der Waals surface area contributed by atoms with Gasteiger partial charge in [-0.15, -0.1) is 11.3 Å². The van der Waals surface area contributed by atoms with E-state index in [1.165, 1.54) is 24.2 Å². The lowest BCUT2D eigenvalue weighted by molar-refractivity contribution is 0.0954. The number of nitrogens with zero attached hydrogens (tertiary/aromatic N) is 3. The van der Waals surface area contributed by atoms with Gasteiger partial charge >= 0.3 is 0 Å². The molecule has 0 atom stereocenters. The van der Waals surface area contributed by atoms with Crippen LogP contribution in [0.15, 0.2) is 18.2 Å². The van der Waals surface area contributed by atoms with Crippen LogP contribution >= 0.6 is 22.9 Å². The van der Waals surface area contributed by atoms with Crippen molar-refractivity contribution in [2.45, 2.75) is 26.3 Å². The van der Waals surface area contributed by atoms with Gasteiger partial charge in [-0.2, -0.15) is 0 Å². The van der Waals surface area contributed by atoms with E-state index in [2.05, 4.69) is 20.2 Å². The lowest BCUT2D eigenvalue weighted by Gasteiger charge is -2.16. The number of amides is 1. The zero-order valence-electron chi connectivity index (χ0n) is 12.3. The van der Waals surface area contributed by atoms with Crippen LogP contribution in [0.4, 0.5) is 5.95 Å². The first-order valence-corrected chi connectivity index (χ1v) is 8.44.